The summed E-state index contributed by atoms with van der Waals surface area (Å²) in [7, 11) is -3.48. The number of rotatable bonds is 9. The molecular weight excluding hydrogens is 747 g/mol. The van der Waals surface area contributed by atoms with Gasteiger partial charge >= 0.3 is 0 Å². The van der Waals surface area contributed by atoms with E-state index >= 15 is 0 Å². The number of hydrogen-bond acceptors (Lipinski definition) is 9. The van der Waals surface area contributed by atoms with Gasteiger partial charge in [-0.25, -0.2) is 18.1 Å². The minimum Gasteiger partial charge on any atom is -0.491 e. The molecule has 1 fully saturated rings. The zero-order valence-electron chi connectivity index (χ0n) is 32.7. The highest BCUT2D eigenvalue weighted by Gasteiger charge is 2.31. The van der Waals surface area contributed by atoms with Gasteiger partial charge < -0.3 is 26.0 Å². The maximum atomic E-state index is 14.0. The summed E-state index contributed by atoms with van der Waals surface area (Å²) in [5.41, 5.74) is 1.79. The summed E-state index contributed by atoms with van der Waals surface area (Å²) in [5, 5.41) is 16.6. The highest BCUT2D eigenvalue weighted by atomic mass is 32.2. The Bertz CT molecular complexity index is 2150. The minimum atomic E-state index is -3.48. The first kappa shape index (κ1) is 41.1. The van der Waals surface area contributed by atoms with E-state index in [0.29, 0.717) is 48.1 Å². The van der Waals surface area contributed by atoms with Crippen LogP contribution in [0.15, 0.2) is 83.8 Å². The van der Waals surface area contributed by atoms with Crippen molar-refractivity contribution in [3.05, 3.63) is 107 Å². The zero-order chi connectivity index (χ0) is 40.7. The van der Waals surface area contributed by atoms with Gasteiger partial charge in [-0.15, -0.1) is 0 Å². The van der Waals surface area contributed by atoms with E-state index in [2.05, 4.69) is 35.1 Å². The normalized spacial score (nSPS) is 21.1. The van der Waals surface area contributed by atoms with Crippen molar-refractivity contribution in [1.82, 2.24) is 36.0 Å². The number of aromatic nitrogens is 3. The van der Waals surface area contributed by atoms with Gasteiger partial charge in [0.25, 0.3) is 5.91 Å². The van der Waals surface area contributed by atoms with Crippen molar-refractivity contribution in [2.75, 3.05) is 12.9 Å². The van der Waals surface area contributed by atoms with Gasteiger partial charge in [0, 0.05) is 24.7 Å². The maximum absolute atomic E-state index is 14.0. The topological polar surface area (TPSA) is 190 Å². The largest absolute Gasteiger partial charge is 0.491 e. The van der Waals surface area contributed by atoms with Crippen LogP contribution >= 0.6 is 0 Å². The third-order valence-corrected chi connectivity index (χ3v) is 11.1. The maximum Gasteiger partial charge on any atom is 0.251 e. The molecular formula is C42H51N7O7S. The molecule has 0 saturated heterocycles. The second kappa shape index (κ2) is 18.1. The molecule has 302 valence electrons. The summed E-state index contributed by atoms with van der Waals surface area (Å²) < 4.78 is 31.7. The monoisotopic (exact) mass is 797 g/mol. The number of nitrogens with zero attached hydrogens (tertiary/aromatic N) is 3. The molecule has 4 amide bonds. The van der Waals surface area contributed by atoms with E-state index in [1.54, 1.807) is 35.9 Å². The van der Waals surface area contributed by atoms with Gasteiger partial charge in [0.15, 0.2) is 21.5 Å². The van der Waals surface area contributed by atoms with Crippen molar-refractivity contribution in [2.45, 2.75) is 94.9 Å². The molecule has 0 radical (unpaired) electrons. The molecule has 4 aromatic rings. The number of fused-ring (bicyclic) bond motifs is 14. The molecule has 3 aliphatic rings. The Labute approximate surface area is 333 Å². The predicted molar refractivity (Wildman–Crippen MR) is 213 cm³/mol. The first-order valence-corrected chi connectivity index (χ1v) is 21.3. The smallest absolute Gasteiger partial charge is 0.251 e. The van der Waals surface area contributed by atoms with Gasteiger partial charge in [0.05, 0.1) is 17.0 Å². The lowest BCUT2D eigenvalue weighted by atomic mass is 10.0. The van der Waals surface area contributed by atoms with Crippen LogP contribution in [0.5, 0.6) is 5.75 Å². The SMILES string of the molecule is CC(C)C[C@H]1COc2ccc(cc2)C[C@H](NC(=O)c2ccc(S(C)(=O)=O)cc2)C(=O)N[C@H](C)C(=O)N[C@H](Cc2ccccc2)c2nc(CC3CC3)nn2CC(=O)N1. The Hall–Kier alpha value is -5.57. The molecule has 3 aromatic carbocycles. The Morgan fingerprint density at radius 3 is 2.26 bits per heavy atom. The molecule has 4 atom stereocenters. The van der Waals surface area contributed by atoms with E-state index in [1.807, 2.05) is 30.3 Å². The fraction of sp³-hybridized carbons (Fsp3) is 0.429. The average molecular weight is 798 g/mol. The van der Waals surface area contributed by atoms with Crippen LogP contribution in [0.1, 0.15) is 79.2 Å². The lowest BCUT2D eigenvalue weighted by Gasteiger charge is -2.25. The molecule has 2 aliphatic heterocycles. The summed E-state index contributed by atoms with van der Waals surface area (Å²) in [6.45, 7) is 5.79. The Balaban J connectivity index is 1.33. The molecule has 4 N–H and O–H groups in total. The van der Waals surface area contributed by atoms with Gasteiger partial charge in [-0.1, -0.05) is 56.3 Å². The molecule has 0 unspecified atom stereocenters. The summed E-state index contributed by atoms with van der Waals surface area (Å²) in [6.07, 6.45) is 4.99. The minimum absolute atomic E-state index is 0.0577. The summed E-state index contributed by atoms with van der Waals surface area (Å²) in [6, 6.07) is 18.9. The van der Waals surface area contributed by atoms with Crippen LogP contribution in [0, 0.1) is 11.8 Å². The van der Waals surface area contributed by atoms with Gasteiger partial charge in [0.2, 0.25) is 17.7 Å². The molecule has 14 nitrogen and oxygen atoms in total. The van der Waals surface area contributed by atoms with Crippen molar-refractivity contribution in [3.63, 3.8) is 0 Å². The van der Waals surface area contributed by atoms with Gasteiger partial charge in [-0.05, 0) is 92.0 Å². The van der Waals surface area contributed by atoms with Crippen molar-refractivity contribution < 1.29 is 32.3 Å². The number of benzene rings is 3. The lowest BCUT2D eigenvalue weighted by Crippen LogP contribution is -2.54. The van der Waals surface area contributed by atoms with E-state index in [-0.39, 0.29) is 47.9 Å². The van der Waals surface area contributed by atoms with Crippen molar-refractivity contribution in [3.8, 4) is 5.75 Å². The van der Waals surface area contributed by atoms with Crippen LogP contribution in [0.2, 0.25) is 0 Å². The number of amides is 4. The van der Waals surface area contributed by atoms with E-state index in [0.717, 1.165) is 24.7 Å². The van der Waals surface area contributed by atoms with Crippen LogP contribution in [0.3, 0.4) is 0 Å². The first-order chi connectivity index (χ1) is 27.2. The second-order valence-electron chi connectivity index (χ2n) is 15.5. The summed E-state index contributed by atoms with van der Waals surface area (Å²) in [5.74, 6) is 0.372. The fourth-order valence-corrected chi connectivity index (χ4v) is 7.41. The average Bonchev–Trinajstić information content (AvgIpc) is 3.90. The van der Waals surface area contributed by atoms with E-state index in [9.17, 15) is 27.6 Å². The number of sulfone groups is 1. The molecule has 7 rings (SSSR count). The highest BCUT2D eigenvalue weighted by Crippen LogP contribution is 2.32. The number of carbonyl (C=O) groups is 4. The molecule has 1 aromatic heterocycles. The quantitative estimate of drug-likeness (QED) is 0.197. The predicted octanol–water partition coefficient (Wildman–Crippen LogP) is 3.50. The Morgan fingerprint density at radius 2 is 1.61 bits per heavy atom. The van der Waals surface area contributed by atoms with Crippen LogP contribution in [-0.4, -0.2) is 77.8 Å². The van der Waals surface area contributed by atoms with Crippen molar-refractivity contribution >= 4 is 33.5 Å². The Morgan fingerprint density at radius 1 is 0.912 bits per heavy atom. The summed E-state index contributed by atoms with van der Waals surface area (Å²) in [4.78, 5) is 60.1. The molecule has 57 heavy (non-hydrogen) atoms. The first-order valence-electron chi connectivity index (χ1n) is 19.4. The second-order valence-corrected chi connectivity index (χ2v) is 17.6. The number of hydrogen-bond donors (Lipinski definition) is 4. The van der Waals surface area contributed by atoms with Crippen LogP contribution in [0.4, 0.5) is 0 Å². The number of ether oxygens (including phenoxy) is 1. The zero-order valence-corrected chi connectivity index (χ0v) is 33.6. The van der Waals surface area contributed by atoms with E-state index in [1.165, 1.54) is 24.3 Å². The van der Waals surface area contributed by atoms with Crippen molar-refractivity contribution in [1.29, 1.82) is 0 Å². The van der Waals surface area contributed by atoms with Gasteiger partial charge in [-0.2, -0.15) is 5.10 Å². The molecule has 0 spiro atoms. The number of nitrogens with one attached hydrogen (secondary N) is 4. The highest BCUT2D eigenvalue weighted by molar-refractivity contribution is 7.90. The third kappa shape index (κ3) is 11.7. The van der Waals surface area contributed by atoms with Gasteiger partial charge in [0.1, 0.15) is 31.0 Å². The standard InChI is InChI=1S/C42H51N7O7S/c1-26(2)20-32-25-56-33-16-12-29(13-17-33)22-36(46-41(52)31-14-18-34(19-15-31)57(4,54)55)42(53)43-27(3)40(51)45-35(21-28-8-6-5-7-9-28)39-47-37(23-30-10-11-30)48-49(39)24-38(50)44-32/h5-9,12-19,26-27,30,32,35-36H,10-11,20-25H2,1-4H3,(H,43,53)(H,44,50)(H,45,51)(H,46,52)/t27-,32+,35-,36+/m1/s1. The summed E-state index contributed by atoms with van der Waals surface area (Å²) >= 11 is 0. The van der Waals surface area contributed by atoms with Crippen molar-refractivity contribution in [2.24, 2.45) is 11.8 Å². The molecule has 2 bridgehead atoms. The fourth-order valence-electron chi connectivity index (χ4n) is 6.78. The number of carbonyl (C=O) groups excluding carboxylic acids is 4. The van der Waals surface area contributed by atoms with E-state index < -0.39 is 45.7 Å². The van der Waals surface area contributed by atoms with Gasteiger partial charge in [-0.3, -0.25) is 19.2 Å². The molecule has 3 heterocycles. The lowest BCUT2D eigenvalue weighted by molar-refractivity contribution is -0.130. The van der Waals surface area contributed by atoms with Crippen LogP contribution in [0.25, 0.3) is 0 Å². The van der Waals surface area contributed by atoms with Crippen LogP contribution in [-0.2, 0) is 50.0 Å². The Kier molecular flexibility index (Phi) is 13.1. The molecule has 15 heteroatoms. The third-order valence-electron chi connectivity index (χ3n) is 9.97. The molecule has 1 aliphatic carbocycles. The van der Waals surface area contributed by atoms with Crippen LogP contribution < -0.4 is 26.0 Å². The van der Waals surface area contributed by atoms with E-state index in [4.69, 9.17) is 14.8 Å². The molecule has 1 saturated carbocycles.